The van der Waals surface area contributed by atoms with E-state index in [1.54, 1.807) is 54.6 Å². The Morgan fingerprint density at radius 2 is 0.975 bits per heavy atom. The van der Waals surface area contributed by atoms with Crippen molar-refractivity contribution in [3.63, 3.8) is 0 Å². The van der Waals surface area contributed by atoms with Crippen molar-refractivity contribution in [3.8, 4) is 11.5 Å². The van der Waals surface area contributed by atoms with Gasteiger partial charge < -0.3 is 20.3 Å². The second kappa shape index (κ2) is 8.99. The van der Waals surface area contributed by atoms with E-state index in [9.17, 15) is 9.59 Å². The highest BCUT2D eigenvalue weighted by Gasteiger charge is 2.20. The molecule has 0 saturated heterocycles. The number of rotatable bonds is 4. The number of allylic oxidation sites excluding steroid dienone is 2. The Morgan fingerprint density at radius 3 is 1.45 bits per heavy atom. The molecular weight excluding hydrogens is 500 g/mol. The van der Waals surface area contributed by atoms with Crippen molar-refractivity contribution in [3.05, 3.63) is 130 Å². The highest BCUT2D eigenvalue weighted by Crippen LogP contribution is 2.36. The molecule has 7 rings (SSSR count). The fraction of sp³-hybridized carbons (Fsp3) is 0. The fourth-order valence-corrected chi connectivity index (χ4v) is 5.34. The minimum Gasteiger partial charge on any atom is -0.422 e. The minimum atomic E-state index is -0.608. The lowest BCUT2D eigenvalue weighted by Gasteiger charge is -2.16. The van der Waals surface area contributed by atoms with E-state index in [2.05, 4.69) is 0 Å². The van der Waals surface area contributed by atoms with Crippen molar-refractivity contribution in [2.45, 2.75) is 0 Å². The monoisotopic (exact) mass is 520 g/mol. The number of carbonyl (C=O) groups excluding carboxylic acids is 2. The molecule has 2 N–H and O–H groups in total. The van der Waals surface area contributed by atoms with Gasteiger partial charge in [0.05, 0.1) is 22.6 Å². The smallest absolute Gasteiger partial charge is 0.343 e. The van der Waals surface area contributed by atoms with Crippen molar-refractivity contribution in [1.29, 1.82) is 10.8 Å². The highest BCUT2D eigenvalue weighted by molar-refractivity contribution is 6.23. The molecule has 0 aliphatic heterocycles. The first-order valence-corrected chi connectivity index (χ1v) is 12.7. The Morgan fingerprint density at radius 1 is 0.525 bits per heavy atom. The molecule has 5 aromatic rings. The molecule has 2 aliphatic rings. The van der Waals surface area contributed by atoms with Crippen LogP contribution >= 0.6 is 0 Å². The van der Waals surface area contributed by atoms with Gasteiger partial charge in [0.25, 0.3) is 0 Å². The molecule has 0 fully saturated rings. The van der Waals surface area contributed by atoms with Gasteiger partial charge in [-0.1, -0.05) is 54.6 Å². The highest BCUT2D eigenvalue weighted by atomic mass is 16.5. The summed E-state index contributed by atoms with van der Waals surface area (Å²) in [6, 6.07) is 24.6. The molecule has 5 aromatic carbocycles. The number of ether oxygens (including phenoxy) is 2. The molecule has 40 heavy (non-hydrogen) atoms. The average Bonchev–Trinajstić information content (AvgIpc) is 2.98. The molecule has 190 valence electrons. The Kier molecular flexibility index (Phi) is 5.28. The van der Waals surface area contributed by atoms with Crippen LogP contribution in [0, 0.1) is 10.8 Å². The zero-order valence-corrected chi connectivity index (χ0v) is 21.0. The average molecular weight is 521 g/mol. The largest absolute Gasteiger partial charge is 0.422 e. The molecule has 6 nitrogen and oxygen atoms in total. The third kappa shape index (κ3) is 3.74. The van der Waals surface area contributed by atoms with Gasteiger partial charge in [-0.05, 0) is 65.7 Å². The van der Waals surface area contributed by atoms with Crippen LogP contribution in [0.1, 0.15) is 43.0 Å². The van der Waals surface area contributed by atoms with Gasteiger partial charge in [-0.3, -0.25) is 0 Å². The van der Waals surface area contributed by atoms with Crippen molar-refractivity contribution in [2.75, 3.05) is 0 Å². The van der Waals surface area contributed by atoms with Gasteiger partial charge in [0.1, 0.15) is 11.5 Å². The quantitative estimate of drug-likeness (QED) is 0.193. The Hall–Kier alpha value is -5.62. The van der Waals surface area contributed by atoms with Crippen molar-refractivity contribution in [1.82, 2.24) is 0 Å². The van der Waals surface area contributed by atoms with E-state index in [-0.39, 0.29) is 11.1 Å². The summed E-state index contributed by atoms with van der Waals surface area (Å²) >= 11 is 0. The predicted octanol–water partition coefficient (Wildman–Crippen LogP) is 7.22. The number of hydrogen-bond donors (Lipinski definition) is 2. The second-order valence-electron chi connectivity index (χ2n) is 9.62. The number of benzene rings is 5. The van der Waals surface area contributed by atoms with E-state index >= 15 is 0 Å². The van der Waals surface area contributed by atoms with Crippen LogP contribution in [0.2, 0.25) is 0 Å². The van der Waals surface area contributed by atoms with Crippen LogP contribution in [0.4, 0.5) is 0 Å². The maximum Gasteiger partial charge on any atom is 0.343 e. The molecule has 0 amide bonds. The lowest BCUT2D eigenvalue weighted by molar-refractivity contribution is 0.0737. The second-order valence-corrected chi connectivity index (χ2v) is 9.62. The van der Waals surface area contributed by atoms with Gasteiger partial charge in [-0.15, -0.1) is 0 Å². The predicted molar refractivity (Wildman–Crippen MR) is 156 cm³/mol. The van der Waals surface area contributed by atoms with Crippen molar-refractivity contribution in [2.24, 2.45) is 0 Å². The molecular formula is C34H20N2O4. The van der Waals surface area contributed by atoms with Crippen LogP contribution in [-0.2, 0) is 0 Å². The molecule has 0 radical (unpaired) electrons. The van der Waals surface area contributed by atoms with E-state index in [4.69, 9.17) is 20.3 Å². The first kappa shape index (κ1) is 23.5. The summed E-state index contributed by atoms with van der Waals surface area (Å²) in [5, 5.41) is 19.7. The number of esters is 2. The fourth-order valence-electron chi connectivity index (χ4n) is 5.34. The van der Waals surface area contributed by atoms with Crippen molar-refractivity contribution < 1.29 is 19.1 Å². The van der Waals surface area contributed by atoms with Gasteiger partial charge in [-0.2, -0.15) is 0 Å². The van der Waals surface area contributed by atoms with E-state index in [0.717, 1.165) is 43.8 Å². The third-order valence-electron chi connectivity index (χ3n) is 7.24. The molecule has 0 aromatic heterocycles. The lowest BCUT2D eigenvalue weighted by atomic mass is 9.91. The van der Waals surface area contributed by atoms with Gasteiger partial charge in [-0.25, -0.2) is 9.59 Å². The van der Waals surface area contributed by atoms with Crippen LogP contribution in [0.25, 0.3) is 33.7 Å². The van der Waals surface area contributed by atoms with Gasteiger partial charge >= 0.3 is 11.9 Å². The maximum absolute atomic E-state index is 13.2. The topological polar surface area (TPSA) is 100 Å². The van der Waals surface area contributed by atoms with Crippen LogP contribution in [0.5, 0.6) is 11.5 Å². The van der Waals surface area contributed by atoms with E-state index < -0.39 is 11.9 Å². The number of hydrogen-bond acceptors (Lipinski definition) is 6. The molecule has 2 aliphatic carbocycles. The van der Waals surface area contributed by atoms with Crippen molar-refractivity contribution >= 4 is 57.1 Å². The van der Waals surface area contributed by atoms with Gasteiger partial charge in [0, 0.05) is 32.7 Å². The first-order chi connectivity index (χ1) is 19.5. The molecule has 0 atom stereocenters. The summed E-state index contributed by atoms with van der Waals surface area (Å²) in [5.41, 5.74) is 4.69. The maximum atomic E-state index is 13.2. The normalized spacial score (nSPS) is 13.1. The summed E-state index contributed by atoms with van der Waals surface area (Å²) < 4.78 is 11.6. The Balaban J connectivity index is 1.17. The van der Waals surface area contributed by atoms with Gasteiger partial charge in [0.15, 0.2) is 0 Å². The van der Waals surface area contributed by atoms with E-state index in [1.165, 1.54) is 6.07 Å². The summed E-state index contributed by atoms with van der Waals surface area (Å²) in [6.45, 7) is 0. The van der Waals surface area contributed by atoms with E-state index in [0.29, 0.717) is 22.9 Å². The standard InChI is InChI=1S/C34H20N2O4/c35-27-14-10-19-4-2-8-25-29(16-12-23(27)31(19)25)39-33(37)21-6-1-7-22(18-21)34(38)40-30-17-13-24-28(36)15-11-20-5-3-9-26(30)32(20)24/h1-18,35-36H. The van der Waals surface area contributed by atoms with Crippen LogP contribution in [0.15, 0.2) is 97.1 Å². The molecule has 0 saturated carbocycles. The molecule has 0 bridgehead atoms. The van der Waals surface area contributed by atoms with Crippen LogP contribution in [-0.4, -0.2) is 23.4 Å². The lowest BCUT2D eigenvalue weighted by Crippen LogP contribution is -2.13. The summed E-state index contributed by atoms with van der Waals surface area (Å²) in [6.07, 6.45) is 7.26. The molecule has 0 unspecified atom stereocenters. The van der Waals surface area contributed by atoms with Crippen LogP contribution < -0.4 is 9.47 Å². The summed E-state index contributed by atoms with van der Waals surface area (Å²) in [4.78, 5) is 26.3. The third-order valence-corrected chi connectivity index (χ3v) is 7.24. The SMILES string of the molecule is N=C1C=Cc2cccc3c(OC(=O)c4cccc(C(=O)Oc5ccc6c7c(cccc57)C=CC6=N)c4)ccc1c23. The zero-order chi connectivity index (χ0) is 27.4. The zero-order valence-electron chi connectivity index (χ0n) is 21.0. The number of carbonyl (C=O) groups is 2. The number of nitrogens with one attached hydrogen (secondary N) is 2. The van der Waals surface area contributed by atoms with E-state index in [1.807, 2.05) is 48.6 Å². The minimum absolute atomic E-state index is 0.207. The molecule has 6 heteroatoms. The summed E-state index contributed by atoms with van der Waals surface area (Å²) in [5.74, 6) is -0.456. The summed E-state index contributed by atoms with van der Waals surface area (Å²) in [7, 11) is 0. The Bertz CT molecular complexity index is 1890. The van der Waals surface area contributed by atoms with Gasteiger partial charge in [0.2, 0.25) is 0 Å². The molecule has 0 heterocycles. The molecule has 0 spiro atoms. The first-order valence-electron chi connectivity index (χ1n) is 12.7. The van der Waals surface area contributed by atoms with Crippen LogP contribution in [0.3, 0.4) is 0 Å². The Labute approximate surface area is 228 Å².